The van der Waals surface area contributed by atoms with Crippen molar-refractivity contribution in [3.63, 3.8) is 0 Å². The maximum atomic E-state index is 14.2. The zero-order valence-corrected chi connectivity index (χ0v) is 12.0. The second-order valence-electron chi connectivity index (χ2n) is 4.14. The molecule has 1 N–H and O–H groups in total. The van der Waals surface area contributed by atoms with Crippen LogP contribution >= 0.6 is 15.9 Å². The average Bonchev–Trinajstić information content (AvgIpc) is 2.75. The number of halogens is 2. The zero-order chi connectivity index (χ0) is 14.2. The molecule has 6 heteroatoms. The van der Waals surface area contributed by atoms with E-state index in [0.29, 0.717) is 15.7 Å². The van der Waals surface area contributed by atoms with E-state index in [1.165, 1.54) is 10.7 Å². The number of hydrogen-bond donors (Lipinski definition) is 1. The summed E-state index contributed by atoms with van der Waals surface area (Å²) in [6.45, 7) is 1.97. The molecule has 0 spiro atoms. The van der Waals surface area contributed by atoms with Gasteiger partial charge in [0.2, 0.25) is 0 Å². The average molecular weight is 327 g/mol. The molecule has 0 aliphatic carbocycles. The number of carboxylic acid groups (broad SMARTS) is 1. The van der Waals surface area contributed by atoms with Crippen molar-refractivity contribution in [2.24, 2.45) is 7.05 Å². The molecule has 4 nitrogen and oxygen atoms in total. The molecule has 2 rings (SSSR count). The fourth-order valence-corrected chi connectivity index (χ4v) is 2.37. The molecule has 0 atom stereocenters. The summed E-state index contributed by atoms with van der Waals surface area (Å²) in [5, 5.41) is 12.8. The predicted octanol–water partition coefficient (Wildman–Crippen LogP) is 3.25. The van der Waals surface area contributed by atoms with Gasteiger partial charge in [-0.3, -0.25) is 4.68 Å². The molecule has 0 radical (unpaired) electrons. The summed E-state index contributed by atoms with van der Waals surface area (Å²) in [4.78, 5) is 10.9. The van der Waals surface area contributed by atoms with Gasteiger partial charge in [-0.05, 0) is 46.1 Å². The van der Waals surface area contributed by atoms with Crippen LogP contribution in [-0.2, 0) is 13.5 Å². The lowest BCUT2D eigenvalue weighted by atomic mass is 10.1. The Morgan fingerprint density at radius 3 is 2.68 bits per heavy atom. The van der Waals surface area contributed by atoms with Crippen LogP contribution in [0.4, 0.5) is 4.39 Å². The molecule has 100 valence electrons. The lowest BCUT2D eigenvalue weighted by Gasteiger charge is -2.08. The minimum absolute atomic E-state index is 0.102. The van der Waals surface area contributed by atoms with E-state index < -0.39 is 11.8 Å². The highest BCUT2D eigenvalue weighted by molar-refractivity contribution is 9.10. The summed E-state index contributed by atoms with van der Waals surface area (Å²) in [6.07, 6.45) is 0.759. The van der Waals surface area contributed by atoms with E-state index in [9.17, 15) is 9.18 Å². The van der Waals surface area contributed by atoms with Gasteiger partial charge in [0.15, 0.2) is 5.69 Å². The largest absolute Gasteiger partial charge is 0.476 e. The Bertz CT molecular complexity index is 652. The molecule has 19 heavy (non-hydrogen) atoms. The Labute approximate surface area is 118 Å². The number of aromatic carboxylic acids is 1. The van der Waals surface area contributed by atoms with Crippen molar-refractivity contribution >= 4 is 21.9 Å². The molecule has 0 aliphatic rings. The van der Waals surface area contributed by atoms with Crippen LogP contribution in [0, 0.1) is 5.82 Å². The molecule has 0 aliphatic heterocycles. The minimum atomic E-state index is -1.13. The number of nitrogens with zero attached hydrogens (tertiary/aromatic N) is 2. The number of aromatic nitrogens is 2. The molecule has 0 unspecified atom stereocenters. The second-order valence-corrected chi connectivity index (χ2v) is 4.99. The van der Waals surface area contributed by atoms with Gasteiger partial charge in [-0.1, -0.05) is 6.92 Å². The van der Waals surface area contributed by atoms with E-state index in [4.69, 9.17) is 5.11 Å². The van der Waals surface area contributed by atoms with Crippen LogP contribution in [0.2, 0.25) is 0 Å². The third-order valence-electron chi connectivity index (χ3n) is 2.87. The molecule has 0 bridgehead atoms. The molecule has 0 fully saturated rings. The Balaban J connectivity index is 2.64. The quantitative estimate of drug-likeness (QED) is 0.941. The van der Waals surface area contributed by atoms with Crippen molar-refractivity contribution in [3.8, 4) is 11.3 Å². The smallest absolute Gasteiger partial charge is 0.356 e. The molecular weight excluding hydrogens is 315 g/mol. The number of carbonyl (C=O) groups is 1. The summed E-state index contributed by atoms with van der Waals surface area (Å²) in [7, 11) is 1.59. The highest BCUT2D eigenvalue weighted by atomic mass is 79.9. The number of hydrogen-bond acceptors (Lipinski definition) is 2. The van der Waals surface area contributed by atoms with E-state index in [0.717, 1.165) is 12.0 Å². The highest BCUT2D eigenvalue weighted by Gasteiger charge is 2.17. The van der Waals surface area contributed by atoms with Gasteiger partial charge in [0, 0.05) is 12.6 Å². The second kappa shape index (κ2) is 5.13. The third kappa shape index (κ3) is 2.53. The van der Waals surface area contributed by atoms with Crippen molar-refractivity contribution < 1.29 is 14.3 Å². The van der Waals surface area contributed by atoms with Crippen LogP contribution in [0.25, 0.3) is 11.3 Å². The summed E-state index contributed by atoms with van der Waals surface area (Å²) in [5.41, 5.74) is 1.64. The van der Waals surface area contributed by atoms with Gasteiger partial charge >= 0.3 is 5.97 Å². The Morgan fingerprint density at radius 2 is 2.16 bits per heavy atom. The molecule has 0 saturated carbocycles. The van der Waals surface area contributed by atoms with Crippen molar-refractivity contribution in [1.82, 2.24) is 9.78 Å². The highest BCUT2D eigenvalue weighted by Crippen LogP contribution is 2.30. The summed E-state index contributed by atoms with van der Waals surface area (Å²) in [6, 6.07) is 4.79. The molecule has 0 saturated heterocycles. The predicted molar refractivity (Wildman–Crippen MR) is 72.6 cm³/mol. The number of rotatable bonds is 3. The zero-order valence-electron chi connectivity index (χ0n) is 10.4. The summed E-state index contributed by atoms with van der Waals surface area (Å²) >= 11 is 3.17. The fraction of sp³-hybridized carbons (Fsp3) is 0.231. The SMILES string of the molecule is CCc1cc(Br)c(F)c(-c2cc(C(=O)O)nn2C)c1. The first-order valence-corrected chi connectivity index (χ1v) is 6.49. The number of aryl methyl sites for hydroxylation is 2. The molecule has 1 aromatic heterocycles. The van der Waals surface area contributed by atoms with Gasteiger partial charge in [0.25, 0.3) is 0 Å². The van der Waals surface area contributed by atoms with Gasteiger partial charge in [-0.2, -0.15) is 5.10 Å². The first-order valence-electron chi connectivity index (χ1n) is 5.69. The monoisotopic (exact) mass is 326 g/mol. The van der Waals surface area contributed by atoms with Crippen LogP contribution in [0.1, 0.15) is 23.0 Å². The number of benzene rings is 1. The maximum Gasteiger partial charge on any atom is 0.356 e. The summed E-state index contributed by atoms with van der Waals surface area (Å²) in [5.74, 6) is -1.55. The Kier molecular flexibility index (Phi) is 3.71. The summed E-state index contributed by atoms with van der Waals surface area (Å²) < 4.78 is 15.9. The number of carboxylic acids is 1. The lowest BCUT2D eigenvalue weighted by molar-refractivity contribution is 0.0689. The lowest BCUT2D eigenvalue weighted by Crippen LogP contribution is -2.00. The first-order chi connectivity index (χ1) is 8.93. The third-order valence-corrected chi connectivity index (χ3v) is 3.45. The van der Waals surface area contributed by atoms with Gasteiger partial charge in [-0.25, -0.2) is 9.18 Å². The molecule has 1 aromatic carbocycles. The normalized spacial score (nSPS) is 10.7. The van der Waals surface area contributed by atoms with Crippen LogP contribution in [-0.4, -0.2) is 20.9 Å². The van der Waals surface area contributed by atoms with E-state index in [1.54, 1.807) is 19.2 Å². The van der Waals surface area contributed by atoms with Crippen LogP contribution in [0.3, 0.4) is 0 Å². The van der Waals surface area contributed by atoms with E-state index >= 15 is 0 Å². The van der Waals surface area contributed by atoms with Gasteiger partial charge in [0.05, 0.1) is 10.2 Å². The Morgan fingerprint density at radius 1 is 1.47 bits per heavy atom. The van der Waals surface area contributed by atoms with Gasteiger partial charge in [0.1, 0.15) is 5.82 Å². The molecule has 1 heterocycles. The van der Waals surface area contributed by atoms with Crippen molar-refractivity contribution in [2.45, 2.75) is 13.3 Å². The van der Waals surface area contributed by atoms with Gasteiger partial charge < -0.3 is 5.11 Å². The van der Waals surface area contributed by atoms with E-state index in [2.05, 4.69) is 21.0 Å². The Hall–Kier alpha value is -1.69. The first kappa shape index (κ1) is 13.7. The fourth-order valence-electron chi connectivity index (χ4n) is 1.86. The van der Waals surface area contributed by atoms with Crippen LogP contribution < -0.4 is 0 Å². The maximum absolute atomic E-state index is 14.2. The molecule has 0 amide bonds. The minimum Gasteiger partial charge on any atom is -0.476 e. The van der Waals surface area contributed by atoms with Gasteiger partial charge in [-0.15, -0.1) is 0 Å². The van der Waals surface area contributed by atoms with Crippen molar-refractivity contribution in [2.75, 3.05) is 0 Å². The van der Waals surface area contributed by atoms with E-state index in [-0.39, 0.29) is 5.69 Å². The topological polar surface area (TPSA) is 55.1 Å². The molecular formula is C13H12BrFN2O2. The van der Waals surface area contributed by atoms with E-state index in [1.807, 2.05) is 6.92 Å². The van der Waals surface area contributed by atoms with Crippen LogP contribution in [0.15, 0.2) is 22.7 Å². The van der Waals surface area contributed by atoms with Crippen molar-refractivity contribution in [1.29, 1.82) is 0 Å². The molecule has 2 aromatic rings. The standard InChI is InChI=1S/C13H12BrFN2O2/c1-3-7-4-8(12(15)9(14)5-7)11-6-10(13(18)19)16-17(11)2/h4-6H,3H2,1-2H3,(H,18,19). The van der Waals surface area contributed by atoms with Crippen molar-refractivity contribution in [3.05, 3.63) is 39.7 Å². The van der Waals surface area contributed by atoms with Crippen LogP contribution in [0.5, 0.6) is 0 Å².